The van der Waals surface area contributed by atoms with Gasteiger partial charge in [-0.2, -0.15) is 0 Å². The number of nitrogens with zero attached hydrogens (tertiary/aromatic N) is 2. The summed E-state index contributed by atoms with van der Waals surface area (Å²) in [5, 5.41) is 0.551. The van der Waals surface area contributed by atoms with Gasteiger partial charge in [-0.05, 0) is 42.7 Å². The van der Waals surface area contributed by atoms with Gasteiger partial charge in [-0.3, -0.25) is 9.69 Å². The Morgan fingerprint density at radius 1 is 0.938 bits per heavy atom. The molecule has 0 atom stereocenters. The van der Waals surface area contributed by atoms with Crippen LogP contribution in [0.4, 0.5) is 5.13 Å². The van der Waals surface area contributed by atoms with Crippen molar-refractivity contribution in [1.29, 1.82) is 0 Å². The van der Waals surface area contributed by atoms with Crippen LogP contribution >= 0.6 is 11.3 Å². The summed E-state index contributed by atoms with van der Waals surface area (Å²) in [5.41, 5.74) is 4.09. The molecular weight excluding hydrogens is 440 g/mol. The van der Waals surface area contributed by atoms with Crippen molar-refractivity contribution < 1.29 is 13.2 Å². The highest BCUT2D eigenvalue weighted by Crippen LogP contribution is 2.35. The fourth-order valence-electron chi connectivity index (χ4n) is 3.57. The highest BCUT2D eigenvalue weighted by molar-refractivity contribution is 7.91. The molecule has 0 bridgehead atoms. The molecule has 0 unspecified atom stereocenters. The number of fused-ring (bicyclic) bond motifs is 1. The molecule has 32 heavy (non-hydrogen) atoms. The summed E-state index contributed by atoms with van der Waals surface area (Å²) in [6.45, 7) is 5.89. The number of hydrogen-bond donors (Lipinski definition) is 0. The molecule has 0 spiro atoms. The van der Waals surface area contributed by atoms with Gasteiger partial charge in [0, 0.05) is 0 Å². The Morgan fingerprint density at radius 3 is 2.28 bits per heavy atom. The van der Waals surface area contributed by atoms with Crippen LogP contribution in [0.2, 0.25) is 0 Å². The maximum atomic E-state index is 13.8. The van der Waals surface area contributed by atoms with Gasteiger partial charge in [0.1, 0.15) is 0 Å². The summed E-state index contributed by atoms with van der Waals surface area (Å²) in [6, 6.07) is 20.1. The average Bonchev–Trinajstić information content (AvgIpc) is 3.27. The van der Waals surface area contributed by atoms with Gasteiger partial charge in [0.15, 0.2) is 15.0 Å². The summed E-state index contributed by atoms with van der Waals surface area (Å²) >= 11 is 1.45. The maximum absolute atomic E-state index is 13.8. The van der Waals surface area contributed by atoms with Crippen LogP contribution in [-0.2, 0) is 16.4 Å². The number of aryl methyl sites for hydroxylation is 2. The SMILES string of the molecule is CCS(=O)(=O)c1ccccc1C(=O)N(Cc1ccccc1)c1nc2c(C)ccc(C)c2s1. The molecule has 0 fully saturated rings. The number of anilines is 1. The summed E-state index contributed by atoms with van der Waals surface area (Å²) in [6.07, 6.45) is 0. The van der Waals surface area contributed by atoms with Crippen LogP contribution in [0.1, 0.15) is 34.0 Å². The Balaban J connectivity index is 1.88. The predicted octanol–water partition coefficient (Wildman–Crippen LogP) is 5.55. The zero-order valence-electron chi connectivity index (χ0n) is 18.2. The van der Waals surface area contributed by atoms with Crippen molar-refractivity contribution in [2.45, 2.75) is 32.2 Å². The summed E-state index contributed by atoms with van der Waals surface area (Å²) < 4.78 is 26.4. The lowest BCUT2D eigenvalue weighted by molar-refractivity contribution is 0.0982. The normalized spacial score (nSPS) is 11.6. The Hall–Kier alpha value is -3.03. The Labute approximate surface area is 192 Å². The Morgan fingerprint density at radius 2 is 1.59 bits per heavy atom. The topological polar surface area (TPSA) is 67.3 Å². The van der Waals surface area contributed by atoms with E-state index in [0.717, 1.165) is 26.9 Å². The van der Waals surface area contributed by atoms with Crippen LogP contribution in [0.3, 0.4) is 0 Å². The number of rotatable bonds is 6. The molecule has 0 saturated heterocycles. The molecule has 0 aliphatic carbocycles. The van der Waals surface area contributed by atoms with Crippen LogP contribution < -0.4 is 4.90 Å². The van der Waals surface area contributed by atoms with Gasteiger partial charge < -0.3 is 0 Å². The van der Waals surface area contributed by atoms with E-state index in [-0.39, 0.29) is 28.7 Å². The smallest absolute Gasteiger partial charge is 0.261 e. The molecule has 7 heteroatoms. The van der Waals surface area contributed by atoms with Crippen molar-refractivity contribution in [1.82, 2.24) is 4.98 Å². The molecule has 0 aliphatic heterocycles. The lowest BCUT2D eigenvalue weighted by atomic mass is 10.1. The fourth-order valence-corrected chi connectivity index (χ4v) is 5.77. The van der Waals surface area contributed by atoms with Crippen molar-refractivity contribution in [2.75, 3.05) is 10.7 Å². The minimum Gasteiger partial charge on any atom is -0.279 e. The maximum Gasteiger partial charge on any atom is 0.261 e. The van der Waals surface area contributed by atoms with Gasteiger partial charge in [0.25, 0.3) is 5.91 Å². The number of amides is 1. The van der Waals surface area contributed by atoms with E-state index in [1.807, 2.05) is 56.3 Å². The van der Waals surface area contributed by atoms with Crippen LogP contribution in [0.5, 0.6) is 0 Å². The summed E-state index contributed by atoms with van der Waals surface area (Å²) in [5.74, 6) is -0.453. The van der Waals surface area contributed by atoms with Gasteiger partial charge in [-0.15, -0.1) is 0 Å². The second-order valence-corrected chi connectivity index (χ2v) is 10.9. The van der Waals surface area contributed by atoms with E-state index < -0.39 is 9.84 Å². The van der Waals surface area contributed by atoms with E-state index in [1.54, 1.807) is 30.0 Å². The molecule has 1 aromatic heterocycles. The van der Waals surface area contributed by atoms with E-state index in [1.165, 1.54) is 17.4 Å². The van der Waals surface area contributed by atoms with Gasteiger partial charge in [0.2, 0.25) is 0 Å². The number of carbonyl (C=O) groups excluding carboxylic acids is 1. The van der Waals surface area contributed by atoms with E-state index >= 15 is 0 Å². The molecule has 1 heterocycles. The first-order chi connectivity index (χ1) is 15.3. The first-order valence-electron chi connectivity index (χ1n) is 10.4. The minimum atomic E-state index is -3.56. The second-order valence-electron chi connectivity index (χ2n) is 7.65. The van der Waals surface area contributed by atoms with E-state index in [0.29, 0.717) is 5.13 Å². The molecule has 4 aromatic rings. The van der Waals surface area contributed by atoms with Gasteiger partial charge in [0.05, 0.1) is 33.0 Å². The monoisotopic (exact) mass is 464 g/mol. The second kappa shape index (κ2) is 8.84. The number of carbonyl (C=O) groups is 1. The Kier molecular flexibility index (Phi) is 6.13. The zero-order valence-corrected chi connectivity index (χ0v) is 19.8. The quantitative estimate of drug-likeness (QED) is 0.375. The van der Waals surface area contributed by atoms with Crippen molar-refractivity contribution in [3.05, 3.63) is 89.0 Å². The molecule has 5 nitrogen and oxygen atoms in total. The highest BCUT2D eigenvalue weighted by atomic mass is 32.2. The molecule has 0 aliphatic rings. The van der Waals surface area contributed by atoms with Crippen molar-refractivity contribution in [2.24, 2.45) is 0 Å². The number of thiazole rings is 1. The third-order valence-electron chi connectivity index (χ3n) is 5.42. The fraction of sp³-hybridized carbons (Fsp3) is 0.200. The minimum absolute atomic E-state index is 0.0547. The van der Waals surface area contributed by atoms with Gasteiger partial charge >= 0.3 is 0 Å². The third kappa shape index (κ3) is 4.18. The summed E-state index contributed by atoms with van der Waals surface area (Å²) in [7, 11) is -3.56. The molecule has 3 aromatic carbocycles. The third-order valence-corrected chi connectivity index (χ3v) is 8.42. The molecular formula is C25H24N2O3S2. The molecule has 0 radical (unpaired) electrons. The van der Waals surface area contributed by atoms with E-state index in [2.05, 4.69) is 0 Å². The number of hydrogen-bond acceptors (Lipinski definition) is 5. The number of aromatic nitrogens is 1. The Bertz CT molecular complexity index is 1350. The largest absolute Gasteiger partial charge is 0.279 e. The van der Waals surface area contributed by atoms with Crippen molar-refractivity contribution in [3.63, 3.8) is 0 Å². The van der Waals surface area contributed by atoms with Crippen molar-refractivity contribution in [3.8, 4) is 0 Å². The van der Waals surface area contributed by atoms with Crippen LogP contribution in [0.15, 0.2) is 71.6 Å². The van der Waals surface area contributed by atoms with Gasteiger partial charge in [-0.1, -0.05) is 72.9 Å². The zero-order chi connectivity index (χ0) is 22.9. The lowest BCUT2D eigenvalue weighted by Gasteiger charge is -2.21. The van der Waals surface area contributed by atoms with Crippen molar-refractivity contribution >= 4 is 42.4 Å². The molecule has 0 saturated carbocycles. The van der Waals surface area contributed by atoms with Crippen LogP contribution in [0, 0.1) is 13.8 Å². The number of benzene rings is 3. The molecule has 0 N–H and O–H groups in total. The highest BCUT2D eigenvalue weighted by Gasteiger charge is 2.27. The van der Waals surface area contributed by atoms with E-state index in [4.69, 9.17) is 4.98 Å². The first-order valence-corrected chi connectivity index (χ1v) is 12.8. The number of sulfone groups is 1. The van der Waals surface area contributed by atoms with Gasteiger partial charge in [-0.25, -0.2) is 13.4 Å². The molecule has 1 amide bonds. The summed E-state index contributed by atoms with van der Waals surface area (Å²) in [4.78, 5) is 20.3. The van der Waals surface area contributed by atoms with Crippen LogP contribution in [-0.4, -0.2) is 25.1 Å². The van der Waals surface area contributed by atoms with Crippen LogP contribution in [0.25, 0.3) is 10.2 Å². The molecule has 164 valence electrons. The average molecular weight is 465 g/mol. The molecule has 4 rings (SSSR count). The first kappa shape index (κ1) is 22.2. The standard InChI is InChI=1S/C25H24N2O3S2/c1-4-32(29,30)21-13-9-8-12-20(21)24(28)27(16-19-10-6-5-7-11-19)25-26-22-17(2)14-15-18(3)23(22)31-25/h5-15H,4,16H2,1-3H3. The predicted molar refractivity (Wildman–Crippen MR) is 130 cm³/mol. The van der Waals surface area contributed by atoms with E-state index in [9.17, 15) is 13.2 Å². The lowest BCUT2D eigenvalue weighted by Crippen LogP contribution is -2.31.